The SMILES string of the molecule is COc1c2occc2c(NC(=O)CCC(=O)O)c2ccc(=O)oc12. The Morgan fingerprint density at radius 3 is 2.62 bits per heavy atom. The maximum Gasteiger partial charge on any atom is 0.336 e. The van der Waals surface area contributed by atoms with Gasteiger partial charge in [-0.25, -0.2) is 4.79 Å². The highest BCUT2D eigenvalue weighted by molar-refractivity contribution is 6.16. The number of benzene rings is 1. The third-order valence-corrected chi connectivity index (χ3v) is 3.48. The van der Waals surface area contributed by atoms with E-state index < -0.39 is 17.5 Å². The van der Waals surface area contributed by atoms with Gasteiger partial charge in [-0.15, -0.1) is 0 Å². The number of aliphatic carboxylic acids is 1. The molecule has 3 aromatic rings. The average molecular weight is 331 g/mol. The summed E-state index contributed by atoms with van der Waals surface area (Å²) in [6.07, 6.45) is 0.944. The molecule has 124 valence electrons. The molecule has 2 heterocycles. The molecule has 8 heteroatoms. The monoisotopic (exact) mass is 331 g/mol. The second kappa shape index (κ2) is 6.07. The molecule has 0 aliphatic rings. The number of nitrogens with one attached hydrogen (secondary N) is 1. The molecule has 3 rings (SSSR count). The van der Waals surface area contributed by atoms with E-state index >= 15 is 0 Å². The third-order valence-electron chi connectivity index (χ3n) is 3.48. The van der Waals surface area contributed by atoms with Gasteiger partial charge in [-0.05, 0) is 12.1 Å². The van der Waals surface area contributed by atoms with Crippen LogP contribution in [0.2, 0.25) is 0 Å². The predicted molar refractivity (Wildman–Crippen MR) is 84.3 cm³/mol. The predicted octanol–water partition coefficient (Wildman–Crippen LogP) is 2.35. The number of carboxylic acid groups (broad SMARTS) is 1. The van der Waals surface area contributed by atoms with Crippen molar-refractivity contribution in [2.24, 2.45) is 0 Å². The van der Waals surface area contributed by atoms with Gasteiger partial charge >= 0.3 is 11.6 Å². The van der Waals surface area contributed by atoms with Gasteiger partial charge in [0, 0.05) is 23.3 Å². The zero-order chi connectivity index (χ0) is 17.3. The number of fused-ring (bicyclic) bond motifs is 2. The quantitative estimate of drug-likeness (QED) is 0.689. The molecular formula is C16H13NO7. The second-order valence-corrected chi connectivity index (χ2v) is 5.01. The minimum atomic E-state index is -1.07. The smallest absolute Gasteiger partial charge is 0.336 e. The molecule has 24 heavy (non-hydrogen) atoms. The van der Waals surface area contributed by atoms with Crippen LogP contribution in [0.15, 0.2) is 38.1 Å². The maximum absolute atomic E-state index is 12.0. The largest absolute Gasteiger partial charge is 0.490 e. The fourth-order valence-corrected chi connectivity index (χ4v) is 2.45. The highest BCUT2D eigenvalue weighted by Gasteiger charge is 2.20. The number of methoxy groups -OCH3 is 1. The number of anilines is 1. The molecule has 0 spiro atoms. The molecule has 0 aliphatic heterocycles. The Bertz CT molecular complexity index is 999. The summed E-state index contributed by atoms with van der Waals surface area (Å²) in [6, 6.07) is 4.36. The van der Waals surface area contributed by atoms with Crippen molar-refractivity contribution in [1.29, 1.82) is 0 Å². The number of carboxylic acids is 1. The van der Waals surface area contributed by atoms with E-state index in [0.717, 1.165) is 0 Å². The van der Waals surface area contributed by atoms with E-state index in [1.54, 1.807) is 6.07 Å². The normalized spacial score (nSPS) is 10.9. The lowest BCUT2D eigenvalue weighted by molar-refractivity contribution is -0.138. The number of hydrogen-bond donors (Lipinski definition) is 2. The van der Waals surface area contributed by atoms with Crippen LogP contribution in [0.4, 0.5) is 5.69 Å². The van der Waals surface area contributed by atoms with Crippen LogP contribution in [-0.2, 0) is 9.59 Å². The summed E-state index contributed by atoms with van der Waals surface area (Å²) in [5, 5.41) is 12.3. The Labute approximate surface area is 134 Å². The number of furan rings is 1. The Balaban J connectivity index is 2.18. The minimum absolute atomic E-state index is 0.140. The van der Waals surface area contributed by atoms with Gasteiger partial charge in [0.2, 0.25) is 11.7 Å². The first-order valence-electron chi connectivity index (χ1n) is 7.04. The number of amides is 1. The summed E-state index contributed by atoms with van der Waals surface area (Å²) in [4.78, 5) is 34.1. The molecule has 0 aliphatic carbocycles. The van der Waals surface area contributed by atoms with Gasteiger partial charge < -0.3 is 24.0 Å². The van der Waals surface area contributed by atoms with Crippen molar-refractivity contribution in [3.8, 4) is 5.75 Å². The Morgan fingerprint density at radius 1 is 1.17 bits per heavy atom. The van der Waals surface area contributed by atoms with E-state index in [9.17, 15) is 14.4 Å². The summed E-state index contributed by atoms with van der Waals surface area (Å²) >= 11 is 0. The number of rotatable bonds is 5. The number of ether oxygens (including phenoxy) is 1. The molecule has 1 amide bonds. The Kier molecular flexibility index (Phi) is 3.95. The van der Waals surface area contributed by atoms with Crippen LogP contribution in [0, 0.1) is 0 Å². The summed E-state index contributed by atoms with van der Waals surface area (Å²) < 4.78 is 15.8. The van der Waals surface area contributed by atoms with E-state index in [0.29, 0.717) is 22.0 Å². The van der Waals surface area contributed by atoms with Gasteiger partial charge in [-0.3, -0.25) is 9.59 Å². The topological polar surface area (TPSA) is 119 Å². The molecule has 0 bridgehead atoms. The molecule has 0 unspecified atom stereocenters. The standard InChI is InChI=1S/C16H13NO7/c1-22-16-14-9(6-7-23-14)13(17-10(18)3-4-11(19)20)8-2-5-12(21)24-15(8)16/h2,5-7H,3-4H2,1H3,(H,17,18)(H,19,20). The van der Waals surface area contributed by atoms with Gasteiger partial charge in [-0.1, -0.05) is 0 Å². The first-order valence-corrected chi connectivity index (χ1v) is 7.04. The van der Waals surface area contributed by atoms with Gasteiger partial charge in [0.05, 0.1) is 25.5 Å². The number of carbonyl (C=O) groups is 2. The van der Waals surface area contributed by atoms with E-state index in [1.165, 1.54) is 25.5 Å². The lowest BCUT2D eigenvalue weighted by atomic mass is 10.1. The van der Waals surface area contributed by atoms with Crippen LogP contribution in [0.25, 0.3) is 21.9 Å². The van der Waals surface area contributed by atoms with Gasteiger partial charge in [0.25, 0.3) is 0 Å². The summed E-state index contributed by atoms with van der Waals surface area (Å²) in [5.41, 5.74) is 0.248. The lowest BCUT2D eigenvalue weighted by Crippen LogP contribution is -2.14. The zero-order valence-corrected chi connectivity index (χ0v) is 12.6. The molecule has 0 saturated heterocycles. The number of carbonyl (C=O) groups excluding carboxylic acids is 1. The molecule has 2 aromatic heterocycles. The molecule has 1 aromatic carbocycles. The maximum atomic E-state index is 12.0. The van der Waals surface area contributed by atoms with Crippen molar-refractivity contribution in [2.75, 3.05) is 12.4 Å². The summed E-state index contributed by atoms with van der Waals surface area (Å²) in [5.74, 6) is -1.30. The highest BCUT2D eigenvalue weighted by atomic mass is 16.5. The van der Waals surface area contributed by atoms with E-state index in [2.05, 4.69) is 5.32 Å². The van der Waals surface area contributed by atoms with Crippen LogP contribution in [0.5, 0.6) is 5.75 Å². The molecule has 8 nitrogen and oxygen atoms in total. The van der Waals surface area contributed by atoms with Crippen molar-refractivity contribution >= 4 is 39.5 Å². The lowest BCUT2D eigenvalue weighted by Gasteiger charge is -2.12. The van der Waals surface area contributed by atoms with Crippen molar-refractivity contribution in [3.63, 3.8) is 0 Å². The van der Waals surface area contributed by atoms with Gasteiger partial charge in [0.15, 0.2) is 11.2 Å². The molecule has 0 atom stereocenters. The Morgan fingerprint density at radius 2 is 1.92 bits per heavy atom. The van der Waals surface area contributed by atoms with E-state index in [1.807, 2.05) is 0 Å². The molecular weight excluding hydrogens is 318 g/mol. The summed E-state index contributed by atoms with van der Waals surface area (Å²) in [7, 11) is 1.41. The molecule has 0 saturated carbocycles. The van der Waals surface area contributed by atoms with Crippen molar-refractivity contribution in [1.82, 2.24) is 0 Å². The fourth-order valence-electron chi connectivity index (χ4n) is 2.45. The van der Waals surface area contributed by atoms with Crippen molar-refractivity contribution < 1.29 is 28.3 Å². The van der Waals surface area contributed by atoms with Crippen LogP contribution < -0.4 is 15.7 Å². The van der Waals surface area contributed by atoms with Crippen LogP contribution in [0.3, 0.4) is 0 Å². The van der Waals surface area contributed by atoms with Crippen molar-refractivity contribution in [3.05, 3.63) is 34.9 Å². The van der Waals surface area contributed by atoms with Crippen LogP contribution in [0.1, 0.15) is 12.8 Å². The average Bonchev–Trinajstić information content (AvgIpc) is 3.02. The minimum Gasteiger partial charge on any atom is -0.490 e. The van der Waals surface area contributed by atoms with Crippen molar-refractivity contribution in [2.45, 2.75) is 12.8 Å². The first-order chi connectivity index (χ1) is 11.5. The third kappa shape index (κ3) is 2.69. The molecule has 0 fully saturated rings. The molecule has 0 radical (unpaired) electrons. The second-order valence-electron chi connectivity index (χ2n) is 5.01. The Hall–Kier alpha value is -3.29. The zero-order valence-electron chi connectivity index (χ0n) is 12.6. The fraction of sp³-hybridized carbons (Fsp3) is 0.188. The highest BCUT2D eigenvalue weighted by Crippen LogP contribution is 2.41. The molecule has 2 N–H and O–H groups in total. The summed E-state index contributed by atoms with van der Waals surface area (Å²) in [6.45, 7) is 0. The van der Waals surface area contributed by atoms with Crippen LogP contribution in [-0.4, -0.2) is 24.1 Å². The number of hydrogen-bond acceptors (Lipinski definition) is 6. The van der Waals surface area contributed by atoms with E-state index in [-0.39, 0.29) is 24.2 Å². The van der Waals surface area contributed by atoms with Crippen LogP contribution >= 0.6 is 0 Å². The first kappa shape index (κ1) is 15.6. The van der Waals surface area contributed by atoms with Gasteiger partial charge in [0.1, 0.15) is 0 Å². The van der Waals surface area contributed by atoms with E-state index in [4.69, 9.17) is 18.7 Å². The van der Waals surface area contributed by atoms with Gasteiger partial charge in [-0.2, -0.15) is 0 Å².